The molecule has 0 amide bonds. The number of aliphatic hydroxyl groups is 1. The summed E-state index contributed by atoms with van der Waals surface area (Å²) in [5.41, 5.74) is -0.827. The molecule has 0 saturated carbocycles. The lowest BCUT2D eigenvalue weighted by molar-refractivity contribution is -0.0180. The molecule has 2 aliphatic rings. The first kappa shape index (κ1) is 22.4. The van der Waals surface area contributed by atoms with E-state index in [1.807, 2.05) is 6.92 Å². The van der Waals surface area contributed by atoms with Crippen molar-refractivity contribution >= 4 is 5.96 Å². The minimum atomic E-state index is -0.827. The van der Waals surface area contributed by atoms with Crippen molar-refractivity contribution in [2.24, 2.45) is 10.9 Å². The molecule has 27 heavy (non-hydrogen) atoms. The summed E-state index contributed by atoms with van der Waals surface area (Å²) in [6, 6.07) is 0. The summed E-state index contributed by atoms with van der Waals surface area (Å²) >= 11 is 0. The topological polar surface area (TPSA) is 72.4 Å². The third-order valence-electron chi connectivity index (χ3n) is 5.59. The largest absolute Gasteiger partial charge is 0.387 e. The highest BCUT2D eigenvalue weighted by Gasteiger charge is 2.25. The maximum atomic E-state index is 10.7. The van der Waals surface area contributed by atoms with E-state index in [2.05, 4.69) is 39.3 Å². The van der Waals surface area contributed by atoms with E-state index in [-0.39, 0.29) is 0 Å². The zero-order chi connectivity index (χ0) is 19.5. The second-order valence-corrected chi connectivity index (χ2v) is 8.17. The molecule has 2 heterocycles. The van der Waals surface area contributed by atoms with E-state index in [9.17, 15) is 5.11 Å². The van der Waals surface area contributed by atoms with Gasteiger partial charge in [-0.2, -0.15) is 0 Å². The summed E-state index contributed by atoms with van der Waals surface area (Å²) in [6.45, 7) is 15.9. The number of β-amino-alcohol motifs (C(OH)–C–C–N with tert-alkyl or cyclic N) is 1. The van der Waals surface area contributed by atoms with Crippen LogP contribution in [0.5, 0.6) is 0 Å². The highest BCUT2D eigenvalue weighted by Crippen LogP contribution is 2.19. The summed E-state index contributed by atoms with van der Waals surface area (Å²) in [6.07, 6.45) is 3.79. The normalized spacial score (nSPS) is 23.2. The number of hydrogen-bond donors (Lipinski definition) is 3. The Morgan fingerprint density at radius 1 is 1.11 bits per heavy atom. The molecular formula is C20H41N5O2. The number of likely N-dealkylation sites (tertiary alicyclic amines) is 1. The number of aliphatic imine (C=N–C) groups is 1. The molecule has 0 aliphatic carbocycles. The molecule has 1 atom stereocenters. The monoisotopic (exact) mass is 383 g/mol. The molecule has 2 rings (SSSR count). The van der Waals surface area contributed by atoms with Crippen LogP contribution in [0.15, 0.2) is 4.99 Å². The summed E-state index contributed by atoms with van der Waals surface area (Å²) in [5, 5.41) is 17.5. The summed E-state index contributed by atoms with van der Waals surface area (Å²) in [7, 11) is 0. The number of ether oxygens (including phenoxy) is 1. The van der Waals surface area contributed by atoms with Gasteiger partial charge in [-0.05, 0) is 58.7 Å². The Morgan fingerprint density at radius 2 is 1.81 bits per heavy atom. The Bertz CT molecular complexity index is 430. The van der Waals surface area contributed by atoms with Crippen LogP contribution in [-0.4, -0.2) is 98.6 Å². The van der Waals surface area contributed by atoms with Gasteiger partial charge in [-0.15, -0.1) is 0 Å². The fourth-order valence-corrected chi connectivity index (χ4v) is 3.87. The van der Waals surface area contributed by atoms with Gasteiger partial charge in [0.1, 0.15) is 0 Å². The van der Waals surface area contributed by atoms with Crippen molar-refractivity contribution < 1.29 is 9.84 Å². The van der Waals surface area contributed by atoms with Gasteiger partial charge in [-0.25, -0.2) is 0 Å². The van der Waals surface area contributed by atoms with E-state index < -0.39 is 5.60 Å². The Morgan fingerprint density at radius 3 is 2.44 bits per heavy atom. The highest BCUT2D eigenvalue weighted by molar-refractivity contribution is 5.79. The molecule has 158 valence electrons. The van der Waals surface area contributed by atoms with Crippen LogP contribution in [-0.2, 0) is 4.74 Å². The van der Waals surface area contributed by atoms with Gasteiger partial charge >= 0.3 is 0 Å². The SMILES string of the molecule is CCNC(=NCC(C)(O)CN1CCOCC1)NCCC1CCN(CC)CC1. The van der Waals surface area contributed by atoms with Gasteiger partial charge < -0.3 is 25.4 Å². The number of piperidine rings is 1. The van der Waals surface area contributed by atoms with Crippen LogP contribution in [0.25, 0.3) is 0 Å². The summed E-state index contributed by atoms with van der Waals surface area (Å²) < 4.78 is 5.38. The van der Waals surface area contributed by atoms with Crippen LogP contribution < -0.4 is 10.6 Å². The van der Waals surface area contributed by atoms with E-state index >= 15 is 0 Å². The minimum absolute atomic E-state index is 0.397. The lowest BCUT2D eigenvalue weighted by Crippen LogP contribution is -2.48. The van der Waals surface area contributed by atoms with Crippen molar-refractivity contribution in [2.75, 3.05) is 72.1 Å². The fourth-order valence-electron chi connectivity index (χ4n) is 3.87. The van der Waals surface area contributed by atoms with Crippen LogP contribution in [0, 0.1) is 5.92 Å². The molecule has 0 spiro atoms. The predicted octanol–water partition coefficient (Wildman–Crippen LogP) is 0.747. The van der Waals surface area contributed by atoms with Gasteiger partial charge in [0.15, 0.2) is 5.96 Å². The second-order valence-electron chi connectivity index (χ2n) is 8.17. The molecule has 0 bridgehead atoms. The Balaban J connectivity index is 1.72. The van der Waals surface area contributed by atoms with Crippen LogP contribution in [0.3, 0.4) is 0 Å². The zero-order valence-electron chi connectivity index (χ0n) is 17.7. The van der Waals surface area contributed by atoms with Crippen molar-refractivity contribution in [1.82, 2.24) is 20.4 Å². The number of guanidine groups is 1. The first-order valence-electron chi connectivity index (χ1n) is 10.8. The number of nitrogens with zero attached hydrogens (tertiary/aromatic N) is 3. The molecule has 7 nitrogen and oxygen atoms in total. The zero-order valence-corrected chi connectivity index (χ0v) is 17.7. The molecule has 0 aromatic carbocycles. The fraction of sp³-hybridized carbons (Fsp3) is 0.950. The van der Waals surface area contributed by atoms with Crippen LogP contribution in [0.1, 0.15) is 40.0 Å². The highest BCUT2D eigenvalue weighted by atomic mass is 16.5. The quantitative estimate of drug-likeness (QED) is 0.403. The van der Waals surface area contributed by atoms with E-state index in [0.717, 1.165) is 51.3 Å². The van der Waals surface area contributed by atoms with Gasteiger partial charge in [0.2, 0.25) is 0 Å². The van der Waals surface area contributed by atoms with Gasteiger partial charge in [-0.3, -0.25) is 9.89 Å². The lowest BCUT2D eigenvalue weighted by atomic mass is 9.93. The average Bonchev–Trinajstić information content (AvgIpc) is 2.67. The van der Waals surface area contributed by atoms with E-state index in [0.29, 0.717) is 13.1 Å². The van der Waals surface area contributed by atoms with E-state index in [1.165, 1.54) is 38.9 Å². The molecule has 0 aromatic heterocycles. The smallest absolute Gasteiger partial charge is 0.191 e. The molecule has 7 heteroatoms. The van der Waals surface area contributed by atoms with Crippen molar-refractivity contribution in [3.8, 4) is 0 Å². The molecule has 2 saturated heterocycles. The van der Waals surface area contributed by atoms with Crippen LogP contribution in [0.4, 0.5) is 0 Å². The molecule has 2 aliphatic heterocycles. The summed E-state index contributed by atoms with van der Waals surface area (Å²) in [5.74, 6) is 1.62. The van der Waals surface area contributed by atoms with E-state index in [4.69, 9.17) is 4.74 Å². The predicted molar refractivity (Wildman–Crippen MR) is 111 cm³/mol. The van der Waals surface area contributed by atoms with E-state index in [1.54, 1.807) is 0 Å². The number of nitrogens with one attached hydrogen (secondary N) is 2. The van der Waals surface area contributed by atoms with Gasteiger partial charge in [0, 0.05) is 32.7 Å². The second kappa shape index (κ2) is 11.8. The van der Waals surface area contributed by atoms with Crippen molar-refractivity contribution in [3.05, 3.63) is 0 Å². The summed E-state index contributed by atoms with van der Waals surface area (Å²) in [4.78, 5) is 9.42. The van der Waals surface area contributed by atoms with Crippen molar-refractivity contribution in [3.63, 3.8) is 0 Å². The standard InChI is InChI=1S/C20H41N5O2/c1-4-21-19(22-9-6-18-7-10-24(5-2)11-8-18)23-16-20(3,26)17-25-12-14-27-15-13-25/h18,26H,4-17H2,1-3H3,(H2,21,22,23). The van der Waals surface area contributed by atoms with Crippen molar-refractivity contribution in [2.45, 2.75) is 45.6 Å². The van der Waals surface area contributed by atoms with Gasteiger partial charge in [0.25, 0.3) is 0 Å². The molecule has 0 radical (unpaired) electrons. The first-order chi connectivity index (χ1) is 13.0. The van der Waals surface area contributed by atoms with Crippen LogP contribution >= 0.6 is 0 Å². The van der Waals surface area contributed by atoms with Gasteiger partial charge in [0.05, 0.1) is 25.4 Å². The number of rotatable bonds is 9. The lowest BCUT2D eigenvalue weighted by Gasteiger charge is -2.33. The number of hydrogen-bond acceptors (Lipinski definition) is 5. The van der Waals surface area contributed by atoms with Crippen molar-refractivity contribution in [1.29, 1.82) is 0 Å². The molecule has 2 fully saturated rings. The number of morpholine rings is 1. The Labute approximate surface area is 165 Å². The maximum absolute atomic E-state index is 10.7. The van der Waals surface area contributed by atoms with Crippen LogP contribution in [0.2, 0.25) is 0 Å². The Kier molecular flexibility index (Phi) is 9.82. The first-order valence-corrected chi connectivity index (χ1v) is 10.8. The maximum Gasteiger partial charge on any atom is 0.191 e. The Hall–Kier alpha value is -0.890. The molecule has 1 unspecified atom stereocenters. The third kappa shape index (κ3) is 8.77. The molecule has 3 N–H and O–H groups in total. The molecular weight excluding hydrogens is 342 g/mol. The average molecular weight is 384 g/mol. The minimum Gasteiger partial charge on any atom is -0.387 e. The third-order valence-corrected chi connectivity index (χ3v) is 5.59. The van der Waals surface area contributed by atoms with Gasteiger partial charge in [-0.1, -0.05) is 6.92 Å². The molecule has 0 aromatic rings.